The van der Waals surface area contributed by atoms with E-state index in [0.717, 1.165) is 68.3 Å². The number of rotatable bonds is 43. The zero-order valence-corrected chi connectivity index (χ0v) is 42.4. The summed E-state index contributed by atoms with van der Waals surface area (Å²) in [6.07, 6.45) is 22.9. The molecule has 0 aromatic rings. The molecule has 0 saturated carbocycles. The molecule has 0 aliphatic rings. The van der Waals surface area contributed by atoms with Crippen LogP contribution in [0.3, 0.4) is 0 Å². The second-order valence-corrected chi connectivity index (χ2v) is 22.8. The van der Waals surface area contributed by atoms with Crippen LogP contribution in [-0.2, 0) is 36.7 Å². The quantitative estimate of drug-likeness (QED) is 0.0444. The highest BCUT2D eigenvalue weighted by Gasteiger charge is 2.26. The van der Waals surface area contributed by atoms with Crippen molar-refractivity contribution in [3.63, 3.8) is 0 Å². The third kappa shape index (κ3) is 38.5. The molecule has 0 aromatic heterocycles. The summed E-state index contributed by atoms with van der Waals surface area (Å²) >= 11 is 0. The van der Waals surface area contributed by atoms with E-state index in [9.17, 15) is 24.0 Å². The molecule has 0 amide bonds. The van der Waals surface area contributed by atoms with Gasteiger partial charge >= 0.3 is 7.82 Å². The largest absolute Gasteiger partial charge is 0.756 e. The van der Waals surface area contributed by atoms with E-state index in [1.807, 2.05) is 0 Å². The van der Waals surface area contributed by atoms with Gasteiger partial charge in [-0.15, -0.1) is 0 Å². The Balaban J connectivity index is 4.73. The van der Waals surface area contributed by atoms with Gasteiger partial charge in [-0.05, 0) is 60.2 Å². The lowest BCUT2D eigenvalue weighted by Crippen LogP contribution is -2.27. The summed E-state index contributed by atoms with van der Waals surface area (Å²) in [5.41, 5.74) is 0. The maximum atomic E-state index is 12.6. The van der Waals surface area contributed by atoms with E-state index < -0.39 is 41.1 Å². The maximum absolute atomic E-state index is 12.6. The minimum Gasteiger partial charge on any atom is -0.756 e. The summed E-state index contributed by atoms with van der Waals surface area (Å²) in [5.74, 6) is 5.75. The first-order valence-electron chi connectivity index (χ1n) is 24.2. The number of aliphatic hydroxyl groups excluding tert-OH is 1. The maximum Gasteiger partial charge on any atom is 0.472 e. The number of hydrogen-bond donors (Lipinski definition) is 2. The standard InChI is InChI=1S/C47H98O11P2/c1-38(2)18-12-20-40(5)22-14-24-42(7)26-16-28-44(9)30-32-54-36-47(37-58-60(51,52)57-35-46(48)34-56-59(49,50)53-11)55-33-31-45(10)29-17-27-43(8)25-15-23-41(6)21-13-19-39(3)4/h38-48H,12-37H2,1-11H3,(H,49,50)(H,51,52)/p-1/t40-,41-,42-,43-,44-,45-,46-,47?/m1/s1. The summed E-state index contributed by atoms with van der Waals surface area (Å²) in [6.45, 7) is 22.9. The first-order valence-corrected chi connectivity index (χ1v) is 27.2. The first kappa shape index (κ1) is 60.1. The molecule has 13 heteroatoms. The van der Waals surface area contributed by atoms with Gasteiger partial charge in [0.15, 0.2) is 0 Å². The van der Waals surface area contributed by atoms with Crippen LogP contribution in [0.1, 0.15) is 198 Å². The minimum atomic E-state index is -4.60. The number of hydrogen-bond acceptors (Lipinski definition) is 10. The molecule has 0 radical (unpaired) electrons. The van der Waals surface area contributed by atoms with Crippen LogP contribution in [0.5, 0.6) is 0 Å². The summed E-state index contributed by atoms with van der Waals surface area (Å²) < 4.78 is 55.0. The first-order chi connectivity index (χ1) is 28.2. The molecule has 0 saturated heterocycles. The summed E-state index contributed by atoms with van der Waals surface area (Å²) in [5, 5.41) is 9.97. The highest BCUT2D eigenvalue weighted by molar-refractivity contribution is 7.47. The molecule has 0 aromatic carbocycles. The number of phosphoric ester groups is 2. The summed E-state index contributed by atoms with van der Waals surface area (Å²) in [6, 6.07) is 0. The fourth-order valence-electron chi connectivity index (χ4n) is 7.63. The van der Waals surface area contributed by atoms with E-state index >= 15 is 0 Å². The SMILES string of the molecule is COP(=O)([O-])OC[C@@H](O)COP(=O)(O)OCC(COCC[C@H](C)CCC[C@H](C)CCC[C@H](C)CCCC(C)C)OCC[C@H](C)CCC[C@H](C)CCC[C@H](C)CCCC(C)C. The minimum absolute atomic E-state index is 0.203. The summed E-state index contributed by atoms with van der Waals surface area (Å²) in [7, 11) is -8.23. The van der Waals surface area contributed by atoms with Gasteiger partial charge in [-0.25, -0.2) is 4.57 Å². The second-order valence-electron chi connectivity index (χ2n) is 19.8. The van der Waals surface area contributed by atoms with Crippen molar-refractivity contribution in [3.8, 4) is 0 Å². The molecule has 11 nitrogen and oxygen atoms in total. The van der Waals surface area contributed by atoms with Crippen LogP contribution in [0.4, 0.5) is 0 Å². The van der Waals surface area contributed by atoms with Gasteiger partial charge in [-0.3, -0.25) is 13.6 Å². The Hall–Kier alpha value is 0.1000. The Labute approximate surface area is 370 Å². The van der Waals surface area contributed by atoms with Crippen LogP contribution in [-0.4, -0.2) is 69.0 Å². The molecular formula is C47H97O11P2-. The Kier molecular flexibility index (Phi) is 36.4. The van der Waals surface area contributed by atoms with Crippen molar-refractivity contribution in [3.05, 3.63) is 0 Å². The third-order valence-corrected chi connectivity index (χ3v) is 13.9. The molecule has 2 N–H and O–H groups in total. The van der Waals surface area contributed by atoms with Crippen molar-refractivity contribution in [2.24, 2.45) is 47.3 Å². The third-order valence-electron chi connectivity index (χ3n) is 12.1. The predicted octanol–water partition coefficient (Wildman–Crippen LogP) is 12.9. The zero-order valence-electron chi connectivity index (χ0n) is 40.6. The topological polar surface area (TPSA) is 153 Å². The van der Waals surface area contributed by atoms with Crippen molar-refractivity contribution < 1.29 is 51.6 Å². The molecular weight excluding hydrogens is 802 g/mol. The Morgan fingerprint density at radius 2 is 0.800 bits per heavy atom. The van der Waals surface area contributed by atoms with Gasteiger partial charge in [0.2, 0.25) is 0 Å². The van der Waals surface area contributed by atoms with E-state index in [4.69, 9.17) is 18.5 Å². The fraction of sp³-hybridized carbons (Fsp3) is 1.00. The molecule has 10 atom stereocenters. The normalized spacial score (nSPS) is 18.5. The zero-order chi connectivity index (χ0) is 45.4. The van der Waals surface area contributed by atoms with Crippen LogP contribution in [0.15, 0.2) is 0 Å². The average molecular weight is 900 g/mol. The molecule has 362 valence electrons. The van der Waals surface area contributed by atoms with E-state index in [1.54, 1.807) is 0 Å². The molecule has 0 bridgehead atoms. The molecule has 0 rings (SSSR count). The van der Waals surface area contributed by atoms with E-state index in [0.29, 0.717) is 25.0 Å². The van der Waals surface area contributed by atoms with E-state index in [1.165, 1.54) is 103 Å². The van der Waals surface area contributed by atoms with Gasteiger partial charge in [0, 0.05) is 20.3 Å². The molecule has 0 aliphatic carbocycles. The van der Waals surface area contributed by atoms with Gasteiger partial charge in [-0.1, -0.05) is 185 Å². The predicted molar refractivity (Wildman–Crippen MR) is 246 cm³/mol. The van der Waals surface area contributed by atoms with Gasteiger partial charge in [0.25, 0.3) is 7.82 Å². The second kappa shape index (κ2) is 36.3. The highest BCUT2D eigenvalue weighted by atomic mass is 31.2. The van der Waals surface area contributed by atoms with Crippen molar-refractivity contribution in [1.29, 1.82) is 0 Å². The van der Waals surface area contributed by atoms with Gasteiger partial charge in [-0.2, -0.15) is 0 Å². The number of phosphoric acid groups is 2. The average Bonchev–Trinajstić information content (AvgIpc) is 3.16. The molecule has 0 spiro atoms. The van der Waals surface area contributed by atoms with Gasteiger partial charge < -0.3 is 33.4 Å². The van der Waals surface area contributed by atoms with Crippen molar-refractivity contribution >= 4 is 15.6 Å². The van der Waals surface area contributed by atoms with Gasteiger partial charge in [0.05, 0.1) is 26.4 Å². The van der Waals surface area contributed by atoms with Crippen LogP contribution in [0, 0.1) is 47.3 Å². The molecule has 3 unspecified atom stereocenters. The molecule has 0 aliphatic heterocycles. The monoisotopic (exact) mass is 900 g/mol. The Bertz CT molecular complexity index is 1080. The van der Waals surface area contributed by atoms with Crippen molar-refractivity contribution in [2.45, 2.75) is 210 Å². The van der Waals surface area contributed by atoms with Crippen LogP contribution in [0.25, 0.3) is 0 Å². The van der Waals surface area contributed by atoms with E-state index in [-0.39, 0.29) is 13.2 Å². The van der Waals surface area contributed by atoms with Crippen molar-refractivity contribution in [2.75, 3.05) is 46.8 Å². The highest BCUT2D eigenvalue weighted by Crippen LogP contribution is 2.44. The summed E-state index contributed by atoms with van der Waals surface area (Å²) in [4.78, 5) is 21.6. The lowest BCUT2D eigenvalue weighted by molar-refractivity contribution is -0.225. The molecule has 60 heavy (non-hydrogen) atoms. The smallest absolute Gasteiger partial charge is 0.472 e. The Morgan fingerprint density at radius 3 is 1.18 bits per heavy atom. The van der Waals surface area contributed by atoms with E-state index in [2.05, 4.69) is 78.3 Å². The van der Waals surface area contributed by atoms with Crippen LogP contribution < -0.4 is 4.89 Å². The Morgan fingerprint density at radius 1 is 0.467 bits per heavy atom. The molecule has 0 fully saturated rings. The number of ether oxygens (including phenoxy) is 2. The van der Waals surface area contributed by atoms with Crippen LogP contribution >= 0.6 is 15.6 Å². The fourth-order valence-corrected chi connectivity index (χ4v) is 8.88. The van der Waals surface area contributed by atoms with Crippen molar-refractivity contribution in [1.82, 2.24) is 0 Å². The lowest BCUT2D eigenvalue weighted by atomic mass is 9.91. The lowest BCUT2D eigenvalue weighted by Gasteiger charge is -2.23. The molecule has 0 heterocycles. The van der Waals surface area contributed by atoms with Gasteiger partial charge in [0.1, 0.15) is 12.2 Å². The van der Waals surface area contributed by atoms with Crippen LogP contribution in [0.2, 0.25) is 0 Å². The number of aliphatic hydroxyl groups is 1.